The molecule has 0 amide bonds. The van der Waals surface area contributed by atoms with E-state index in [0.29, 0.717) is 12.4 Å². The molecule has 0 bridgehead atoms. The van der Waals surface area contributed by atoms with Crippen LogP contribution in [0.3, 0.4) is 0 Å². The van der Waals surface area contributed by atoms with Crippen LogP contribution in [0.2, 0.25) is 0 Å². The van der Waals surface area contributed by atoms with E-state index in [0.717, 1.165) is 5.57 Å². The third-order valence-corrected chi connectivity index (χ3v) is 1.83. The first-order chi connectivity index (χ1) is 7.02. The fourth-order valence-corrected chi connectivity index (χ4v) is 1.30. The minimum absolute atomic E-state index is 0.0150. The molecule has 1 rings (SSSR count). The van der Waals surface area contributed by atoms with Crippen molar-refractivity contribution in [2.45, 2.75) is 6.92 Å². The standard InChI is InChI=1S/C10H13N3O2/c1-8(2)7-12(3)10-9(13(14)15)5-4-6-11-10/h4-6H,1,7H2,2-3H3. The molecule has 0 unspecified atom stereocenters. The van der Waals surface area contributed by atoms with Crippen LogP contribution in [0.1, 0.15) is 6.92 Å². The summed E-state index contributed by atoms with van der Waals surface area (Å²) in [6.45, 7) is 6.18. The fraction of sp³-hybridized carbons (Fsp3) is 0.300. The molecule has 0 aliphatic heterocycles. The van der Waals surface area contributed by atoms with Gasteiger partial charge in [0.1, 0.15) is 0 Å². The van der Waals surface area contributed by atoms with Crippen molar-refractivity contribution in [1.29, 1.82) is 0 Å². The zero-order chi connectivity index (χ0) is 11.4. The Bertz CT molecular complexity index is 390. The summed E-state index contributed by atoms with van der Waals surface area (Å²) < 4.78 is 0. The molecular formula is C10H13N3O2. The van der Waals surface area contributed by atoms with Crippen LogP contribution in [0.4, 0.5) is 11.5 Å². The van der Waals surface area contributed by atoms with Gasteiger partial charge in [-0.3, -0.25) is 10.1 Å². The van der Waals surface area contributed by atoms with E-state index < -0.39 is 4.92 Å². The van der Waals surface area contributed by atoms with Crippen LogP contribution in [-0.2, 0) is 0 Å². The Morgan fingerprint density at radius 2 is 2.40 bits per heavy atom. The largest absolute Gasteiger partial charge is 0.350 e. The van der Waals surface area contributed by atoms with Crippen molar-refractivity contribution < 1.29 is 4.92 Å². The molecule has 5 heteroatoms. The Morgan fingerprint density at radius 1 is 1.73 bits per heavy atom. The number of nitrogens with zero attached hydrogens (tertiary/aromatic N) is 3. The molecule has 0 radical (unpaired) electrons. The van der Waals surface area contributed by atoms with E-state index in [-0.39, 0.29) is 5.69 Å². The van der Waals surface area contributed by atoms with Gasteiger partial charge in [0, 0.05) is 25.9 Å². The predicted molar refractivity (Wildman–Crippen MR) is 59.0 cm³/mol. The van der Waals surface area contributed by atoms with Gasteiger partial charge < -0.3 is 4.90 Å². The van der Waals surface area contributed by atoms with Crippen molar-refractivity contribution in [3.05, 3.63) is 40.6 Å². The number of nitro groups is 1. The first kappa shape index (κ1) is 11.2. The van der Waals surface area contributed by atoms with Gasteiger partial charge in [-0.05, 0) is 13.0 Å². The average Bonchev–Trinajstić information content (AvgIpc) is 2.16. The smallest absolute Gasteiger partial charge is 0.311 e. The van der Waals surface area contributed by atoms with Crippen LogP contribution in [0.25, 0.3) is 0 Å². The van der Waals surface area contributed by atoms with E-state index in [4.69, 9.17) is 0 Å². The summed E-state index contributed by atoms with van der Waals surface area (Å²) in [6, 6.07) is 2.99. The quantitative estimate of drug-likeness (QED) is 0.430. The van der Waals surface area contributed by atoms with E-state index >= 15 is 0 Å². The van der Waals surface area contributed by atoms with Crippen LogP contribution in [0.15, 0.2) is 30.5 Å². The van der Waals surface area contributed by atoms with Crippen molar-refractivity contribution in [1.82, 2.24) is 4.98 Å². The molecule has 0 aliphatic carbocycles. The van der Waals surface area contributed by atoms with Gasteiger partial charge in [0.2, 0.25) is 5.82 Å². The Balaban J connectivity index is 3.02. The minimum Gasteiger partial charge on any atom is -0.350 e. The van der Waals surface area contributed by atoms with Crippen LogP contribution in [0.5, 0.6) is 0 Å². The van der Waals surface area contributed by atoms with E-state index in [1.807, 2.05) is 6.92 Å². The maximum atomic E-state index is 10.7. The highest BCUT2D eigenvalue weighted by Crippen LogP contribution is 2.23. The first-order valence-electron chi connectivity index (χ1n) is 4.47. The lowest BCUT2D eigenvalue weighted by molar-refractivity contribution is -0.384. The molecule has 0 saturated carbocycles. The second kappa shape index (κ2) is 4.54. The zero-order valence-corrected chi connectivity index (χ0v) is 8.80. The second-order valence-corrected chi connectivity index (χ2v) is 3.42. The number of likely N-dealkylation sites (N-methyl/N-ethyl adjacent to an activating group) is 1. The molecule has 1 aromatic rings. The molecular weight excluding hydrogens is 194 g/mol. The second-order valence-electron chi connectivity index (χ2n) is 3.42. The van der Waals surface area contributed by atoms with Gasteiger partial charge in [0.25, 0.3) is 0 Å². The summed E-state index contributed by atoms with van der Waals surface area (Å²) >= 11 is 0. The molecule has 0 N–H and O–H groups in total. The van der Waals surface area contributed by atoms with Crippen LogP contribution in [0, 0.1) is 10.1 Å². The zero-order valence-electron chi connectivity index (χ0n) is 8.80. The molecule has 5 nitrogen and oxygen atoms in total. The minimum atomic E-state index is -0.433. The summed E-state index contributed by atoms with van der Waals surface area (Å²) in [5, 5.41) is 10.7. The van der Waals surface area contributed by atoms with Crippen molar-refractivity contribution in [2.24, 2.45) is 0 Å². The third-order valence-electron chi connectivity index (χ3n) is 1.83. The normalized spacial score (nSPS) is 9.73. The maximum Gasteiger partial charge on any atom is 0.311 e. The topological polar surface area (TPSA) is 59.3 Å². The van der Waals surface area contributed by atoms with Crippen LogP contribution in [-0.4, -0.2) is 23.5 Å². The Hall–Kier alpha value is -1.91. The van der Waals surface area contributed by atoms with Crippen molar-refractivity contribution in [3.63, 3.8) is 0 Å². The molecule has 0 saturated heterocycles. The fourth-order valence-electron chi connectivity index (χ4n) is 1.30. The van der Waals surface area contributed by atoms with E-state index in [1.165, 1.54) is 12.3 Å². The van der Waals surface area contributed by atoms with E-state index in [9.17, 15) is 10.1 Å². The van der Waals surface area contributed by atoms with Gasteiger partial charge in [-0.25, -0.2) is 4.98 Å². The van der Waals surface area contributed by atoms with Crippen molar-refractivity contribution in [2.75, 3.05) is 18.5 Å². The number of rotatable bonds is 4. The van der Waals surface area contributed by atoms with Crippen molar-refractivity contribution in [3.8, 4) is 0 Å². The van der Waals surface area contributed by atoms with Gasteiger partial charge >= 0.3 is 5.69 Å². The molecule has 15 heavy (non-hydrogen) atoms. The Kier molecular flexibility index (Phi) is 3.38. The number of hydrogen-bond donors (Lipinski definition) is 0. The van der Waals surface area contributed by atoms with Crippen molar-refractivity contribution >= 4 is 11.5 Å². The monoisotopic (exact) mass is 207 g/mol. The Morgan fingerprint density at radius 3 is 2.93 bits per heavy atom. The molecule has 0 spiro atoms. The number of aromatic nitrogens is 1. The van der Waals surface area contributed by atoms with Gasteiger partial charge in [-0.1, -0.05) is 12.2 Å². The van der Waals surface area contributed by atoms with Gasteiger partial charge in [-0.2, -0.15) is 0 Å². The number of pyridine rings is 1. The summed E-state index contributed by atoms with van der Waals surface area (Å²) in [5.74, 6) is 0.366. The number of anilines is 1. The summed E-state index contributed by atoms with van der Waals surface area (Å²) in [4.78, 5) is 16.0. The van der Waals surface area contributed by atoms with Crippen LogP contribution >= 0.6 is 0 Å². The summed E-state index contributed by atoms with van der Waals surface area (Å²) in [5.41, 5.74) is 0.943. The highest BCUT2D eigenvalue weighted by Gasteiger charge is 2.17. The summed E-state index contributed by atoms with van der Waals surface area (Å²) in [6.07, 6.45) is 1.54. The average molecular weight is 207 g/mol. The summed E-state index contributed by atoms with van der Waals surface area (Å²) in [7, 11) is 1.75. The highest BCUT2D eigenvalue weighted by atomic mass is 16.6. The lowest BCUT2D eigenvalue weighted by Gasteiger charge is -2.17. The molecule has 0 aliphatic rings. The SMILES string of the molecule is C=C(C)CN(C)c1ncccc1[N+](=O)[O-]. The highest BCUT2D eigenvalue weighted by molar-refractivity contribution is 5.57. The first-order valence-corrected chi connectivity index (χ1v) is 4.47. The lowest BCUT2D eigenvalue weighted by atomic mass is 10.3. The van der Waals surface area contributed by atoms with Gasteiger partial charge in [-0.15, -0.1) is 0 Å². The molecule has 0 atom stereocenters. The molecule has 1 aromatic heterocycles. The molecule has 80 valence electrons. The molecule has 0 fully saturated rings. The maximum absolute atomic E-state index is 10.7. The third kappa shape index (κ3) is 2.77. The molecule has 0 aromatic carbocycles. The number of hydrogen-bond acceptors (Lipinski definition) is 4. The van der Waals surface area contributed by atoms with Gasteiger partial charge in [0.15, 0.2) is 0 Å². The Labute approximate surface area is 88.2 Å². The lowest BCUT2D eigenvalue weighted by Crippen LogP contribution is -2.21. The van der Waals surface area contributed by atoms with E-state index in [1.54, 1.807) is 18.0 Å². The van der Waals surface area contributed by atoms with E-state index in [2.05, 4.69) is 11.6 Å². The van der Waals surface area contributed by atoms with Crippen LogP contribution < -0.4 is 4.90 Å². The predicted octanol–water partition coefficient (Wildman–Crippen LogP) is 2.00. The molecule has 1 heterocycles. The van der Waals surface area contributed by atoms with Gasteiger partial charge in [0.05, 0.1) is 4.92 Å².